The summed E-state index contributed by atoms with van der Waals surface area (Å²) >= 11 is 0. The van der Waals surface area contributed by atoms with Gasteiger partial charge in [-0.25, -0.2) is 0 Å². The van der Waals surface area contributed by atoms with Crippen LogP contribution in [-0.2, 0) is 22.4 Å². The Kier molecular flexibility index (Phi) is 10.2. The third kappa shape index (κ3) is 8.54. The summed E-state index contributed by atoms with van der Waals surface area (Å²) in [5.74, 6) is -0.452. The van der Waals surface area contributed by atoms with Crippen LogP contribution in [0.5, 0.6) is 5.75 Å². The van der Waals surface area contributed by atoms with E-state index in [1.54, 1.807) is 31.2 Å². The largest absolute Gasteiger partial charge is 0.508 e. The number of aryl methyl sites for hydroxylation is 1. The van der Waals surface area contributed by atoms with E-state index >= 15 is 0 Å². The third-order valence-electron chi connectivity index (χ3n) is 4.58. The maximum absolute atomic E-state index is 12.3. The number of carbonyl (C=O) groups excluding carboxylic acids is 2. The molecule has 158 valence electrons. The van der Waals surface area contributed by atoms with E-state index in [-0.39, 0.29) is 36.0 Å². The van der Waals surface area contributed by atoms with Gasteiger partial charge in [-0.3, -0.25) is 9.59 Å². The number of nitrogens with two attached hydrogens (primary N) is 1. The molecule has 2 aromatic carbocycles. The third-order valence-corrected chi connectivity index (χ3v) is 4.58. The predicted octanol–water partition coefficient (Wildman–Crippen LogP) is 2.33. The van der Waals surface area contributed by atoms with Crippen LogP contribution < -0.4 is 16.4 Å². The number of carbonyl (C=O) groups is 2. The summed E-state index contributed by atoms with van der Waals surface area (Å²) < 4.78 is 0. The van der Waals surface area contributed by atoms with E-state index in [1.165, 1.54) is 5.56 Å². The van der Waals surface area contributed by atoms with Gasteiger partial charge in [-0.05, 0) is 56.4 Å². The topological polar surface area (TPSA) is 104 Å². The summed E-state index contributed by atoms with van der Waals surface area (Å²) in [5.41, 5.74) is 8.01. The molecule has 6 nitrogen and oxygen atoms in total. The molecule has 0 heterocycles. The quantitative estimate of drug-likeness (QED) is 0.500. The van der Waals surface area contributed by atoms with Gasteiger partial charge in [-0.2, -0.15) is 0 Å². The van der Waals surface area contributed by atoms with Crippen molar-refractivity contribution in [2.24, 2.45) is 5.73 Å². The molecule has 29 heavy (non-hydrogen) atoms. The molecule has 0 aliphatic heterocycles. The fraction of sp³-hybridized carbons (Fsp3) is 0.364. The summed E-state index contributed by atoms with van der Waals surface area (Å²) in [5, 5.41) is 14.9. The zero-order valence-corrected chi connectivity index (χ0v) is 17.6. The Morgan fingerprint density at radius 2 is 1.55 bits per heavy atom. The van der Waals surface area contributed by atoms with Crippen LogP contribution >= 0.6 is 12.4 Å². The summed E-state index contributed by atoms with van der Waals surface area (Å²) in [4.78, 5) is 24.6. The molecule has 0 spiro atoms. The van der Waals surface area contributed by atoms with Crippen LogP contribution in [0.15, 0.2) is 54.6 Å². The summed E-state index contributed by atoms with van der Waals surface area (Å²) in [6.07, 6.45) is 2.02. The van der Waals surface area contributed by atoms with Crippen LogP contribution in [0.1, 0.15) is 31.4 Å². The number of nitrogens with one attached hydrogen (secondary N) is 2. The lowest BCUT2D eigenvalue weighted by atomic mass is 10.1. The second kappa shape index (κ2) is 12.1. The second-order valence-corrected chi connectivity index (χ2v) is 7.14. The number of hydrogen-bond acceptors (Lipinski definition) is 4. The lowest BCUT2D eigenvalue weighted by Crippen LogP contribution is -2.52. The highest BCUT2D eigenvalue weighted by Gasteiger charge is 2.21. The van der Waals surface area contributed by atoms with Gasteiger partial charge in [-0.15, -0.1) is 12.4 Å². The molecule has 0 radical (unpaired) electrons. The van der Waals surface area contributed by atoms with Crippen molar-refractivity contribution in [2.75, 3.05) is 0 Å². The van der Waals surface area contributed by atoms with Crippen LogP contribution in [-0.4, -0.2) is 35.0 Å². The first-order valence-corrected chi connectivity index (χ1v) is 9.53. The standard InChI is InChI=1S/C22H29N3O3.ClH/c1-15(8-9-17-6-4-3-5-7-17)24-21(27)16(2)25-22(28)20(23)14-18-10-12-19(26)13-11-18;/h3-7,10-13,15-16,20,26H,8-9,14,23H2,1-2H3,(H,24,27)(H,25,28);1H/t15-,16-,20+;/m1./s1. The minimum absolute atomic E-state index is 0. The molecule has 5 N–H and O–H groups in total. The minimum Gasteiger partial charge on any atom is -0.508 e. The summed E-state index contributed by atoms with van der Waals surface area (Å²) in [6.45, 7) is 3.59. The molecule has 2 aromatic rings. The second-order valence-electron chi connectivity index (χ2n) is 7.14. The lowest BCUT2D eigenvalue weighted by Gasteiger charge is -2.20. The van der Waals surface area contributed by atoms with Gasteiger partial charge in [0.1, 0.15) is 11.8 Å². The molecular formula is C22H30ClN3O3. The summed E-state index contributed by atoms with van der Waals surface area (Å²) in [7, 11) is 0. The fourth-order valence-corrected chi connectivity index (χ4v) is 2.83. The molecule has 7 heteroatoms. The van der Waals surface area contributed by atoms with Crippen LogP contribution in [0.25, 0.3) is 0 Å². The molecule has 0 fully saturated rings. The van der Waals surface area contributed by atoms with Gasteiger partial charge in [0.25, 0.3) is 0 Å². The van der Waals surface area contributed by atoms with Gasteiger partial charge >= 0.3 is 0 Å². The Hall–Kier alpha value is -2.57. The van der Waals surface area contributed by atoms with E-state index in [0.29, 0.717) is 6.42 Å². The van der Waals surface area contributed by atoms with Gasteiger partial charge in [-0.1, -0.05) is 42.5 Å². The van der Waals surface area contributed by atoms with Gasteiger partial charge in [0.2, 0.25) is 11.8 Å². The Labute approximate surface area is 178 Å². The normalized spacial score (nSPS) is 13.5. The van der Waals surface area contributed by atoms with Crippen molar-refractivity contribution < 1.29 is 14.7 Å². The average Bonchev–Trinajstić information content (AvgIpc) is 2.68. The first kappa shape index (κ1) is 24.5. The zero-order chi connectivity index (χ0) is 20.5. The Balaban J connectivity index is 0.00000420. The maximum Gasteiger partial charge on any atom is 0.242 e. The summed E-state index contributed by atoms with van der Waals surface area (Å²) in [6, 6.07) is 15.2. The van der Waals surface area contributed by atoms with Gasteiger partial charge in [0.05, 0.1) is 6.04 Å². The molecule has 0 bridgehead atoms. The smallest absolute Gasteiger partial charge is 0.242 e. The first-order valence-electron chi connectivity index (χ1n) is 9.53. The van der Waals surface area contributed by atoms with Crippen molar-refractivity contribution in [2.45, 2.75) is 51.2 Å². The number of aromatic hydroxyl groups is 1. The monoisotopic (exact) mass is 419 g/mol. The molecule has 0 saturated carbocycles. The SMILES string of the molecule is C[C@H](CCc1ccccc1)NC(=O)[C@@H](C)NC(=O)[C@@H](N)Cc1ccc(O)cc1.Cl. The molecule has 0 aromatic heterocycles. The number of halogens is 1. The highest BCUT2D eigenvalue weighted by molar-refractivity contribution is 5.89. The molecule has 3 atom stereocenters. The number of phenols is 1. The van der Waals surface area contributed by atoms with Gasteiger partial charge in [0.15, 0.2) is 0 Å². The predicted molar refractivity (Wildman–Crippen MR) is 117 cm³/mol. The van der Waals surface area contributed by atoms with Crippen molar-refractivity contribution in [1.29, 1.82) is 0 Å². The van der Waals surface area contributed by atoms with Crippen LogP contribution in [0.3, 0.4) is 0 Å². The van der Waals surface area contributed by atoms with Crippen LogP contribution in [0, 0.1) is 0 Å². The van der Waals surface area contributed by atoms with E-state index in [4.69, 9.17) is 5.73 Å². The lowest BCUT2D eigenvalue weighted by molar-refractivity contribution is -0.129. The van der Waals surface area contributed by atoms with Gasteiger partial charge < -0.3 is 21.5 Å². The van der Waals surface area contributed by atoms with Crippen LogP contribution in [0.2, 0.25) is 0 Å². The fourth-order valence-electron chi connectivity index (χ4n) is 2.83. The zero-order valence-electron chi connectivity index (χ0n) is 16.8. The number of benzene rings is 2. The number of rotatable bonds is 9. The molecule has 0 unspecified atom stereocenters. The van der Waals surface area contributed by atoms with E-state index in [1.807, 2.05) is 25.1 Å². The molecule has 2 amide bonds. The molecular weight excluding hydrogens is 390 g/mol. The van der Waals surface area contributed by atoms with Crippen molar-refractivity contribution in [1.82, 2.24) is 10.6 Å². The molecule has 2 rings (SSSR count). The molecule has 0 saturated heterocycles. The highest BCUT2D eigenvalue weighted by Crippen LogP contribution is 2.11. The van der Waals surface area contributed by atoms with E-state index in [9.17, 15) is 14.7 Å². The van der Waals surface area contributed by atoms with Crippen LogP contribution in [0.4, 0.5) is 0 Å². The van der Waals surface area contributed by atoms with Gasteiger partial charge in [0, 0.05) is 6.04 Å². The van der Waals surface area contributed by atoms with Crippen molar-refractivity contribution >= 4 is 24.2 Å². The maximum atomic E-state index is 12.3. The molecule has 0 aliphatic rings. The Morgan fingerprint density at radius 1 is 0.931 bits per heavy atom. The number of hydrogen-bond donors (Lipinski definition) is 4. The molecule has 0 aliphatic carbocycles. The number of amides is 2. The minimum atomic E-state index is -0.768. The van der Waals surface area contributed by atoms with Crippen molar-refractivity contribution in [3.05, 3.63) is 65.7 Å². The van der Waals surface area contributed by atoms with E-state index in [2.05, 4.69) is 22.8 Å². The first-order chi connectivity index (χ1) is 13.3. The Morgan fingerprint density at radius 3 is 2.17 bits per heavy atom. The van der Waals surface area contributed by atoms with E-state index < -0.39 is 12.1 Å². The highest BCUT2D eigenvalue weighted by atomic mass is 35.5. The van der Waals surface area contributed by atoms with Crippen molar-refractivity contribution in [3.63, 3.8) is 0 Å². The van der Waals surface area contributed by atoms with E-state index in [0.717, 1.165) is 18.4 Å². The Bertz CT molecular complexity index is 769. The number of phenolic OH excluding ortho intramolecular Hbond substituents is 1. The van der Waals surface area contributed by atoms with Crippen molar-refractivity contribution in [3.8, 4) is 5.75 Å². The average molecular weight is 420 g/mol.